The van der Waals surface area contributed by atoms with Crippen molar-refractivity contribution in [3.63, 3.8) is 0 Å². The number of carbonyl (C=O) groups excluding carboxylic acids is 1. The van der Waals surface area contributed by atoms with E-state index in [1.54, 1.807) is 18.3 Å². The number of nitrogens with zero attached hydrogens (tertiary/aromatic N) is 3. The van der Waals surface area contributed by atoms with Crippen LogP contribution < -0.4 is 11.1 Å². The Bertz CT molecular complexity index is 894. The minimum atomic E-state index is -0.395. The number of rotatable bonds is 2. The van der Waals surface area contributed by atoms with Gasteiger partial charge in [-0.3, -0.25) is 20.2 Å². The molecule has 28 heavy (non-hydrogen) atoms. The van der Waals surface area contributed by atoms with Gasteiger partial charge in [-0.2, -0.15) is 0 Å². The maximum absolute atomic E-state index is 12.5. The van der Waals surface area contributed by atoms with Gasteiger partial charge in [0.1, 0.15) is 0 Å². The van der Waals surface area contributed by atoms with E-state index in [2.05, 4.69) is 15.3 Å². The molecule has 0 spiro atoms. The lowest BCUT2D eigenvalue weighted by Crippen LogP contribution is -2.43. The molecule has 1 saturated heterocycles. The van der Waals surface area contributed by atoms with E-state index >= 15 is 0 Å². The molecule has 0 unspecified atom stereocenters. The van der Waals surface area contributed by atoms with Crippen LogP contribution in [-0.4, -0.2) is 46.6 Å². The maximum Gasteiger partial charge on any atom is 0.257 e. The zero-order chi connectivity index (χ0) is 18.9. The molecule has 2 aliphatic rings. The van der Waals surface area contributed by atoms with Gasteiger partial charge < -0.3 is 16.0 Å². The Morgan fingerprint density at radius 2 is 2.00 bits per heavy atom. The van der Waals surface area contributed by atoms with Crippen LogP contribution in [-0.2, 0) is 4.75 Å². The van der Waals surface area contributed by atoms with Gasteiger partial charge in [-0.1, -0.05) is 36.0 Å². The number of nitrogens with two attached hydrogens (primary N) is 1. The number of pyridine rings is 1. The lowest BCUT2D eigenvalue weighted by molar-refractivity contribution is 0.0977. The predicted octanol–water partition coefficient (Wildman–Crippen LogP) is 2.06. The molecular weight excluding hydrogens is 396 g/mol. The number of hydrogen-bond acceptors (Lipinski definition) is 5. The highest BCUT2D eigenvalue weighted by Gasteiger charge is 2.52. The lowest BCUT2D eigenvalue weighted by atomic mass is 9.91. The molecule has 0 bridgehead atoms. The van der Waals surface area contributed by atoms with E-state index in [0.717, 1.165) is 5.69 Å². The van der Waals surface area contributed by atoms with Crippen molar-refractivity contribution in [2.75, 3.05) is 19.6 Å². The summed E-state index contributed by atoms with van der Waals surface area (Å²) < 4.78 is -0.395. The zero-order valence-electron chi connectivity index (χ0n) is 15.0. The number of guanidine groups is 1. The van der Waals surface area contributed by atoms with Crippen LogP contribution in [0.5, 0.6) is 0 Å². The number of aromatic nitrogens is 1. The maximum atomic E-state index is 12.5. The molecule has 4 N–H and O–H groups in total. The Morgan fingerprint density at radius 3 is 2.68 bits per heavy atom. The van der Waals surface area contributed by atoms with Gasteiger partial charge in [0.2, 0.25) is 0 Å². The van der Waals surface area contributed by atoms with Crippen molar-refractivity contribution in [1.29, 1.82) is 5.41 Å². The first-order valence-corrected chi connectivity index (χ1v) is 9.50. The van der Waals surface area contributed by atoms with Gasteiger partial charge >= 0.3 is 0 Å². The molecule has 9 heteroatoms. The molecule has 3 heterocycles. The zero-order valence-corrected chi connectivity index (χ0v) is 16.7. The second kappa shape index (κ2) is 8.20. The first-order chi connectivity index (χ1) is 13.1. The highest BCUT2D eigenvalue weighted by atomic mass is 35.5. The second-order valence-electron chi connectivity index (χ2n) is 6.64. The summed E-state index contributed by atoms with van der Waals surface area (Å²) in [6, 6.07) is 14.9. The molecule has 0 saturated carbocycles. The monoisotopic (exact) mass is 416 g/mol. The third kappa shape index (κ3) is 3.70. The Labute approximate surface area is 173 Å². The summed E-state index contributed by atoms with van der Waals surface area (Å²) in [6.45, 7) is 1.77. The SMILES string of the molecule is Cl.N=C(N)N1C[C@@H]2CN=C(NC(=O)c3ccccc3)S[C@@]2(c2ccccn2)C1. The summed E-state index contributed by atoms with van der Waals surface area (Å²) in [4.78, 5) is 23.5. The van der Waals surface area contributed by atoms with Gasteiger partial charge in [0.05, 0.1) is 10.4 Å². The minimum absolute atomic E-state index is 0. The number of thioether (sulfide) groups is 1. The highest BCUT2D eigenvalue weighted by Crippen LogP contribution is 2.49. The van der Waals surface area contributed by atoms with Gasteiger partial charge in [0, 0.05) is 37.3 Å². The number of carbonyl (C=O) groups is 1. The number of nitrogens with one attached hydrogen (secondary N) is 2. The minimum Gasteiger partial charge on any atom is -0.370 e. The highest BCUT2D eigenvalue weighted by molar-refractivity contribution is 8.14. The van der Waals surface area contributed by atoms with E-state index in [0.29, 0.717) is 30.4 Å². The topological polar surface area (TPSA) is 107 Å². The van der Waals surface area contributed by atoms with E-state index in [1.165, 1.54) is 11.8 Å². The van der Waals surface area contributed by atoms with Gasteiger partial charge in [0.25, 0.3) is 5.91 Å². The number of hydrogen-bond donors (Lipinski definition) is 3. The van der Waals surface area contributed by atoms with Crippen molar-refractivity contribution in [3.8, 4) is 0 Å². The van der Waals surface area contributed by atoms with Gasteiger partial charge in [-0.05, 0) is 24.3 Å². The third-order valence-electron chi connectivity index (χ3n) is 4.96. The number of amides is 1. The first-order valence-electron chi connectivity index (χ1n) is 8.69. The first kappa shape index (κ1) is 20.2. The van der Waals surface area contributed by atoms with Crippen LogP contribution in [0, 0.1) is 11.3 Å². The fraction of sp³-hybridized carbons (Fsp3) is 0.263. The molecule has 4 rings (SSSR count). The van der Waals surface area contributed by atoms with Crippen LogP contribution >= 0.6 is 24.2 Å². The van der Waals surface area contributed by atoms with Crippen LogP contribution in [0.2, 0.25) is 0 Å². The van der Waals surface area contributed by atoms with Gasteiger partial charge in [-0.25, -0.2) is 0 Å². The van der Waals surface area contributed by atoms with Crippen molar-refractivity contribution in [1.82, 2.24) is 15.2 Å². The van der Waals surface area contributed by atoms with E-state index in [4.69, 9.17) is 11.1 Å². The lowest BCUT2D eigenvalue weighted by Gasteiger charge is -2.36. The molecule has 1 amide bonds. The Kier molecular flexibility index (Phi) is 5.90. The quantitative estimate of drug-likeness (QED) is 0.513. The van der Waals surface area contributed by atoms with Crippen LogP contribution in [0.3, 0.4) is 0 Å². The molecule has 2 atom stereocenters. The largest absolute Gasteiger partial charge is 0.370 e. The second-order valence-corrected chi connectivity index (χ2v) is 7.95. The van der Waals surface area contributed by atoms with Crippen molar-refractivity contribution in [2.45, 2.75) is 4.75 Å². The Hall–Kier alpha value is -2.58. The summed E-state index contributed by atoms with van der Waals surface area (Å²) in [7, 11) is 0. The molecule has 1 aromatic heterocycles. The number of fused-ring (bicyclic) bond motifs is 1. The molecule has 1 aromatic carbocycles. The summed E-state index contributed by atoms with van der Waals surface area (Å²) >= 11 is 1.51. The van der Waals surface area contributed by atoms with Crippen molar-refractivity contribution >= 4 is 41.2 Å². The van der Waals surface area contributed by atoms with Crippen LogP contribution in [0.25, 0.3) is 0 Å². The molecule has 7 nitrogen and oxygen atoms in total. The summed E-state index contributed by atoms with van der Waals surface area (Å²) in [5, 5.41) is 11.3. The molecular formula is C19H21ClN6OS. The molecule has 2 aromatic rings. The fourth-order valence-corrected chi connectivity index (χ4v) is 4.96. The predicted molar refractivity (Wildman–Crippen MR) is 114 cm³/mol. The number of likely N-dealkylation sites (tertiary alicyclic amines) is 1. The van der Waals surface area contributed by atoms with Crippen LogP contribution in [0.1, 0.15) is 16.1 Å². The van der Waals surface area contributed by atoms with E-state index < -0.39 is 4.75 Å². The summed E-state index contributed by atoms with van der Waals surface area (Å²) in [6.07, 6.45) is 1.77. The summed E-state index contributed by atoms with van der Waals surface area (Å²) in [5.41, 5.74) is 7.26. The average molecular weight is 417 g/mol. The van der Waals surface area contributed by atoms with Crippen molar-refractivity contribution in [2.24, 2.45) is 16.6 Å². The fourth-order valence-electron chi connectivity index (χ4n) is 3.57. The smallest absolute Gasteiger partial charge is 0.257 e. The summed E-state index contributed by atoms with van der Waals surface area (Å²) in [5.74, 6) is 0.0340. The van der Waals surface area contributed by atoms with Gasteiger partial charge in [-0.15, -0.1) is 12.4 Å². The molecule has 0 aliphatic carbocycles. The number of halogens is 1. The number of amidine groups is 1. The molecule has 2 aliphatic heterocycles. The number of aliphatic imine (C=N–C) groups is 1. The molecule has 0 radical (unpaired) electrons. The van der Waals surface area contributed by atoms with E-state index in [9.17, 15) is 4.79 Å². The Balaban J connectivity index is 0.00000225. The van der Waals surface area contributed by atoms with Crippen LogP contribution in [0.4, 0.5) is 0 Å². The van der Waals surface area contributed by atoms with E-state index in [-0.39, 0.29) is 30.2 Å². The third-order valence-corrected chi connectivity index (χ3v) is 6.42. The normalized spacial score (nSPS) is 23.2. The Morgan fingerprint density at radius 1 is 1.25 bits per heavy atom. The molecule has 1 fully saturated rings. The number of benzene rings is 1. The van der Waals surface area contributed by atoms with Crippen LogP contribution in [0.15, 0.2) is 59.7 Å². The van der Waals surface area contributed by atoms with Gasteiger partial charge in [0.15, 0.2) is 11.1 Å². The standard InChI is InChI=1S/C19H20N6OS.ClH/c20-17(21)25-11-14-10-23-18(24-16(26)13-6-2-1-3-7-13)27-19(14,12-25)15-8-4-5-9-22-15;/h1-9,14H,10-12H2,(H3,20,21)(H,23,24,26);1H/t14-,19-;/m0./s1. The average Bonchev–Trinajstić information content (AvgIpc) is 3.10. The van der Waals surface area contributed by atoms with E-state index in [1.807, 2.05) is 41.3 Å². The van der Waals surface area contributed by atoms with Crippen molar-refractivity contribution < 1.29 is 4.79 Å². The van der Waals surface area contributed by atoms with Crippen molar-refractivity contribution in [3.05, 3.63) is 66.0 Å². The molecule has 146 valence electrons.